The molecule has 6 heteroatoms. The maximum atomic E-state index is 11.0. The van der Waals surface area contributed by atoms with E-state index in [1.807, 2.05) is 0 Å². The Labute approximate surface area is 106 Å². The average Bonchev–Trinajstić information content (AvgIpc) is 2.77. The predicted octanol–water partition coefficient (Wildman–Crippen LogP) is 0.218. The van der Waals surface area contributed by atoms with E-state index >= 15 is 0 Å². The van der Waals surface area contributed by atoms with Crippen LogP contribution in [0.25, 0.3) is 0 Å². The van der Waals surface area contributed by atoms with Crippen LogP contribution in [0.5, 0.6) is 0 Å². The van der Waals surface area contributed by atoms with Gasteiger partial charge in [-0.15, -0.1) is 0 Å². The summed E-state index contributed by atoms with van der Waals surface area (Å²) in [5, 5.41) is 10.2. The maximum Gasteiger partial charge on any atom is 0.164 e. The first-order valence-electron chi connectivity index (χ1n) is 6.05. The van der Waals surface area contributed by atoms with Crippen LogP contribution in [0.1, 0.15) is 27.7 Å². The van der Waals surface area contributed by atoms with E-state index in [1.54, 1.807) is 27.7 Å². The van der Waals surface area contributed by atoms with Crippen molar-refractivity contribution in [3.8, 4) is 0 Å². The van der Waals surface area contributed by atoms with Crippen molar-refractivity contribution in [3.05, 3.63) is 0 Å². The van der Waals surface area contributed by atoms with Crippen molar-refractivity contribution in [2.24, 2.45) is 0 Å². The molecule has 2 rings (SSSR count). The Morgan fingerprint density at radius 2 is 1.83 bits per heavy atom. The molecule has 0 aromatic rings. The molecule has 2 saturated heterocycles. The zero-order chi connectivity index (χ0) is 13.6. The van der Waals surface area contributed by atoms with Crippen LogP contribution in [-0.2, 0) is 23.7 Å². The molecule has 2 heterocycles. The van der Waals surface area contributed by atoms with Gasteiger partial charge in [-0.25, -0.2) is 0 Å². The quantitative estimate of drug-likeness (QED) is 0.732. The summed E-state index contributed by atoms with van der Waals surface area (Å²) < 4.78 is 21.9. The fourth-order valence-corrected chi connectivity index (χ4v) is 2.28. The van der Waals surface area contributed by atoms with E-state index < -0.39 is 36.0 Å². The minimum absolute atomic E-state index is 0.264. The molecule has 0 spiro atoms. The molecule has 0 amide bonds. The maximum absolute atomic E-state index is 11.0. The summed E-state index contributed by atoms with van der Waals surface area (Å²) in [7, 11) is 0. The van der Waals surface area contributed by atoms with Crippen LogP contribution < -0.4 is 0 Å². The molecule has 4 atom stereocenters. The molecule has 2 fully saturated rings. The van der Waals surface area contributed by atoms with Crippen molar-refractivity contribution >= 4 is 6.29 Å². The lowest BCUT2D eigenvalue weighted by molar-refractivity contribution is -0.178. The normalized spacial score (nSPS) is 39.7. The summed E-state index contributed by atoms with van der Waals surface area (Å²) in [6, 6.07) is 0. The van der Waals surface area contributed by atoms with Gasteiger partial charge in [-0.2, -0.15) is 0 Å². The van der Waals surface area contributed by atoms with Crippen LogP contribution in [0.2, 0.25) is 0 Å². The summed E-state index contributed by atoms with van der Waals surface area (Å²) in [5.41, 5.74) is 0. The van der Waals surface area contributed by atoms with E-state index in [9.17, 15) is 9.90 Å². The zero-order valence-corrected chi connectivity index (χ0v) is 11.1. The molecule has 104 valence electrons. The summed E-state index contributed by atoms with van der Waals surface area (Å²) in [6.45, 7) is 7.21. The first-order valence-corrected chi connectivity index (χ1v) is 6.05. The van der Waals surface area contributed by atoms with Crippen molar-refractivity contribution in [2.75, 3.05) is 6.61 Å². The molecule has 1 N–H and O–H groups in total. The molecule has 0 aromatic carbocycles. The Kier molecular flexibility index (Phi) is 3.50. The van der Waals surface area contributed by atoms with Gasteiger partial charge in [0, 0.05) is 0 Å². The highest BCUT2D eigenvalue weighted by Gasteiger charge is 2.49. The van der Waals surface area contributed by atoms with E-state index in [1.165, 1.54) is 0 Å². The largest absolute Gasteiger partial charge is 0.387 e. The third kappa shape index (κ3) is 2.73. The molecule has 18 heavy (non-hydrogen) atoms. The molecular formula is C12H20O6. The Balaban J connectivity index is 2.05. The van der Waals surface area contributed by atoms with Crippen molar-refractivity contribution in [1.29, 1.82) is 0 Å². The van der Waals surface area contributed by atoms with Gasteiger partial charge < -0.3 is 28.8 Å². The number of aldehydes is 1. The number of ether oxygens (including phenoxy) is 4. The van der Waals surface area contributed by atoms with E-state index in [2.05, 4.69) is 0 Å². The number of hydrogen-bond donors (Lipinski definition) is 1. The van der Waals surface area contributed by atoms with Gasteiger partial charge in [-0.05, 0) is 27.7 Å². The fourth-order valence-electron chi connectivity index (χ4n) is 2.28. The number of aliphatic hydroxyl groups excluding tert-OH is 1. The second-order valence-corrected chi connectivity index (χ2v) is 5.56. The Morgan fingerprint density at radius 1 is 1.17 bits per heavy atom. The molecule has 0 saturated carbocycles. The molecule has 0 radical (unpaired) electrons. The molecule has 0 bridgehead atoms. The van der Waals surface area contributed by atoms with Crippen molar-refractivity contribution in [2.45, 2.75) is 63.7 Å². The fraction of sp³-hybridized carbons (Fsp3) is 0.917. The molecule has 0 aliphatic carbocycles. The van der Waals surface area contributed by atoms with Gasteiger partial charge in [0.15, 0.2) is 17.9 Å². The minimum Gasteiger partial charge on any atom is -0.387 e. The van der Waals surface area contributed by atoms with Crippen LogP contribution in [0.4, 0.5) is 0 Å². The van der Waals surface area contributed by atoms with E-state index in [0.29, 0.717) is 6.29 Å². The third-order valence-electron chi connectivity index (χ3n) is 3.05. The van der Waals surface area contributed by atoms with Crippen molar-refractivity contribution in [1.82, 2.24) is 0 Å². The van der Waals surface area contributed by atoms with Crippen LogP contribution >= 0.6 is 0 Å². The van der Waals surface area contributed by atoms with Crippen LogP contribution in [0.15, 0.2) is 0 Å². The lowest BCUT2D eigenvalue weighted by atomic mass is 10.0. The van der Waals surface area contributed by atoms with Crippen LogP contribution in [-0.4, -0.2) is 54.0 Å². The highest BCUT2D eigenvalue weighted by Crippen LogP contribution is 2.33. The first kappa shape index (κ1) is 13.9. The van der Waals surface area contributed by atoms with Gasteiger partial charge in [0.1, 0.15) is 24.4 Å². The molecular weight excluding hydrogens is 240 g/mol. The molecule has 6 nitrogen and oxygen atoms in total. The summed E-state index contributed by atoms with van der Waals surface area (Å²) in [4.78, 5) is 11.0. The summed E-state index contributed by atoms with van der Waals surface area (Å²) in [6.07, 6.45) is -2.38. The van der Waals surface area contributed by atoms with Gasteiger partial charge in [0.2, 0.25) is 0 Å². The number of hydrogen-bond acceptors (Lipinski definition) is 6. The standard InChI is InChI=1S/C12H20O6/c1-11(2)15-6-8(17-11)9(14)10-7(5-13)16-12(3,4)18-10/h5,7-10,14H,6H2,1-4H3/t7-,8-,9+,10-/m0/s1. The van der Waals surface area contributed by atoms with E-state index in [0.717, 1.165) is 0 Å². The molecule has 0 aromatic heterocycles. The average molecular weight is 260 g/mol. The third-order valence-corrected chi connectivity index (χ3v) is 3.05. The number of carbonyl (C=O) groups is 1. The lowest BCUT2D eigenvalue weighted by Gasteiger charge is -2.25. The molecule has 2 aliphatic heterocycles. The topological polar surface area (TPSA) is 74.2 Å². The van der Waals surface area contributed by atoms with Gasteiger partial charge in [-0.1, -0.05) is 0 Å². The summed E-state index contributed by atoms with van der Waals surface area (Å²) >= 11 is 0. The number of carbonyl (C=O) groups excluding carboxylic acids is 1. The SMILES string of the molecule is CC1(C)O[C@H]([C@H](O)[C@@H]2COC(C)(C)O2)[C@H](C=O)O1. The zero-order valence-electron chi connectivity index (χ0n) is 11.1. The van der Waals surface area contributed by atoms with Gasteiger partial charge in [0.25, 0.3) is 0 Å². The highest BCUT2D eigenvalue weighted by atomic mass is 16.8. The first-order chi connectivity index (χ1) is 8.24. The minimum atomic E-state index is -0.969. The lowest BCUT2D eigenvalue weighted by Crippen LogP contribution is -2.45. The van der Waals surface area contributed by atoms with E-state index in [-0.39, 0.29) is 6.61 Å². The molecule has 0 unspecified atom stereocenters. The van der Waals surface area contributed by atoms with Crippen LogP contribution in [0, 0.1) is 0 Å². The Bertz CT molecular complexity index is 327. The number of rotatable bonds is 3. The highest BCUT2D eigenvalue weighted by molar-refractivity contribution is 5.58. The smallest absolute Gasteiger partial charge is 0.164 e. The number of aliphatic hydroxyl groups is 1. The predicted molar refractivity (Wildman–Crippen MR) is 60.8 cm³/mol. The second-order valence-electron chi connectivity index (χ2n) is 5.56. The van der Waals surface area contributed by atoms with Crippen LogP contribution in [0.3, 0.4) is 0 Å². The Morgan fingerprint density at radius 3 is 2.33 bits per heavy atom. The van der Waals surface area contributed by atoms with Gasteiger partial charge in [0.05, 0.1) is 6.61 Å². The molecule has 2 aliphatic rings. The van der Waals surface area contributed by atoms with E-state index in [4.69, 9.17) is 18.9 Å². The Hall–Kier alpha value is -0.530. The van der Waals surface area contributed by atoms with Gasteiger partial charge in [-0.3, -0.25) is 0 Å². The van der Waals surface area contributed by atoms with Gasteiger partial charge >= 0.3 is 0 Å². The monoisotopic (exact) mass is 260 g/mol. The second kappa shape index (κ2) is 4.54. The van der Waals surface area contributed by atoms with Crippen molar-refractivity contribution in [3.63, 3.8) is 0 Å². The van der Waals surface area contributed by atoms with Crippen molar-refractivity contribution < 1.29 is 28.8 Å². The summed E-state index contributed by atoms with van der Waals surface area (Å²) in [5.74, 6) is -1.61.